The number of hydrogen-bond donors (Lipinski definition) is 3. The normalized spacial score (nSPS) is 16.5. The van der Waals surface area contributed by atoms with Gasteiger partial charge in [-0.15, -0.1) is 0 Å². The summed E-state index contributed by atoms with van der Waals surface area (Å²) in [6.07, 6.45) is 1.16. The number of aliphatic hydroxyl groups excluding tert-OH is 2. The van der Waals surface area contributed by atoms with Crippen molar-refractivity contribution < 1.29 is 10.2 Å². The first-order valence-corrected chi connectivity index (χ1v) is 6.32. The number of aliphatic hydroxyl groups is 2. The molecule has 96 valence electrons. The van der Waals surface area contributed by atoms with Crippen LogP contribution < -0.4 is 5.32 Å². The van der Waals surface area contributed by atoms with E-state index >= 15 is 0 Å². The van der Waals surface area contributed by atoms with Gasteiger partial charge in [0, 0.05) is 12.1 Å². The minimum Gasteiger partial charge on any atom is -0.395 e. The Labute approximate surface area is 103 Å². The van der Waals surface area contributed by atoms with E-state index in [9.17, 15) is 10.2 Å². The molecule has 1 aromatic carbocycles. The van der Waals surface area contributed by atoms with Crippen LogP contribution in [0.3, 0.4) is 0 Å². The van der Waals surface area contributed by atoms with Crippen LogP contribution in [0.4, 0.5) is 0 Å². The third kappa shape index (κ3) is 4.11. The van der Waals surface area contributed by atoms with Crippen molar-refractivity contribution in [3.05, 3.63) is 35.9 Å². The highest BCUT2D eigenvalue weighted by Crippen LogP contribution is 2.19. The molecule has 3 atom stereocenters. The second kappa shape index (κ2) is 7.43. The van der Waals surface area contributed by atoms with Crippen molar-refractivity contribution in [2.75, 3.05) is 6.61 Å². The summed E-state index contributed by atoms with van der Waals surface area (Å²) in [6.45, 7) is 4.16. The zero-order valence-electron chi connectivity index (χ0n) is 10.6. The van der Waals surface area contributed by atoms with E-state index in [2.05, 4.69) is 5.32 Å². The lowest BCUT2D eigenvalue weighted by Crippen LogP contribution is -2.43. The van der Waals surface area contributed by atoms with Crippen LogP contribution in [0.15, 0.2) is 30.3 Å². The third-order valence-electron chi connectivity index (χ3n) is 3.13. The standard InChI is InChI=1S/C14H23NO2/c1-3-12(10-16)15-13(4-2)14(17)11-8-6-5-7-9-11/h5-9,12-17H,3-4,10H2,1-2H3. The van der Waals surface area contributed by atoms with Gasteiger partial charge in [0.05, 0.1) is 12.7 Å². The van der Waals surface area contributed by atoms with Crippen LogP contribution in [0, 0.1) is 0 Å². The molecule has 1 aromatic rings. The Balaban J connectivity index is 2.67. The second-order valence-corrected chi connectivity index (χ2v) is 4.32. The lowest BCUT2D eigenvalue weighted by atomic mass is 9.99. The zero-order chi connectivity index (χ0) is 12.7. The molecule has 0 radical (unpaired) electrons. The van der Waals surface area contributed by atoms with E-state index in [1.807, 2.05) is 44.2 Å². The molecule has 0 saturated carbocycles. The van der Waals surface area contributed by atoms with E-state index < -0.39 is 6.10 Å². The SMILES string of the molecule is CCC(CO)NC(CC)C(O)c1ccccc1. The van der Waals surface area contributed by atoms with Gasteiger partial charge in [-0.1, -0.05) is 44.2 Å². The van der Waals surface area contributed by atoms with Crippen molar-refractivity contribution >= 4 is 0 Å². The number of rotatable bonds is 7. The lowest BCUT2D eigenvalue weighted by Gasteiger charge is -2.27. The van der Waals surface area contributed by atoms with Gasteiger partial charge in [0.2, 0.25) is 0 Å². The van der Waals surface area contributed by atoms with Gasteiger partial charge in [-0.05, 0) is 18.4 Å². The molecule has 3 nitrogen and oxygen atoms in total. The molecule has 1 rings (SSSR count). The van der Waals surface area contributed by atoms with Crippen molar-refractivity contribution in [3.8, 4) is 0 Å². The number of benzene rings is 1. The molecule has 0 saturated heterocycles. The highest BCUT2D eigenvalue weighted by molar-refractivity contribution is 5.18. The predicted molar refractivity (Wildman–Crippen MR) is 69.8 cm³/mol. The first-order chi connectivity index (χ1) is 8.22. The van der Waals surface area contributed by atoms with Crippen molar-refractivity contribution in [3.63, 3.8) is 0 Å². The predicted octanol–water partition coefficient (Wildman–Crippen LogP) is 1.86. The van der Waals surface area contributed by atoms with Crippen LogP contribution in [0.2, 0.25) is 0 Å². The summed E-state index contributed by atoms with van der Waals surface area (Å²) in [4.78, 5) is 0. The lowest BCUT2D eigenvalue weighted by molar-refractivity contribution is 0.109. The molecule has 3 N–H and O–H groups in total. The highest BCUT2D eigenvalue weighted by Gasteiger charge is 2.21. The van der Waals surface area contributed by atoms with Crippen molar-refractivity contribution in [1.82, 2.24) is 5.32 Å². The van der Waals surface area contributed by atoms with Gasteiger partial charge < -0.3 is 15.5 Å². The van der Waals surface area contributed by atoms with Crippen LogP contribution in [0.5, 0.6) is 0 Å². The Morgan fingerprint density at radius 2 is 1.76 bits per heavy atom. The summed E-state index contributed by atoms with van der Waals surface area (Å²) in [5.74, 6) is 0. The van der Waals surface area contributed by atoms with E-state index in [4.69, 9.17) is 0 Å². The molecule has 0 fully saturated rings. The summed E-state index contributed by atoms with van der Waals surface area (Å²) >= 11 is 0. The van der Waals surface area contributed by atoms with Crippen LogP contribution in [-0.2, 0) is 0 Å². The maximum absolute atomic E-state index is 10.3. The van der Waals surface area contributed by atoms with Crippen molar-refractivity contribution in [2.24, 2.45) is 0 Å². The fraction of sp³-hybridized carbons (Fsp3) is 0.571. The Kier molecular flexibility index (Phi) is 6.19. The van der Waals surface area contributed by atoms with E-state index in [0.717, 1.165) is 18.4 Å². The van der Waals surface area contributed by atoms with Crippen LogP contribution in [-0.4, -0.2) is 28.9 Å². The van der Waals surface area contributed by atoms with Gasteiger partial charge in [0.15, 0.2) is 0 Å². The van der Waals surface area contributed by atoms with Gasteiger partial charge in [-0.25, -0.2) is 0 Å². The second-order valence-electron chi connectivity index (χ2n) is 4.32. The maximum Gasteiger partial charge on any atom is 0.0942 e. The minimum absolute atomic E-state index is 0.0190. The molecule has 0 aromatic heterocycles. The fourth-order valence-corrected chi connectivity index (χ4v) is 1.92. The Morgan fingerprint density at radius 1 is 1.12 bits per heavy atom. The molecule has 17 heavy (non-hydrogen) atoms. The molecule has 3 unspecified atom stereocenters. The van der Waals surface area contributed by atoms with Crippen LogP contribution >= 0.6 is 0 Å². The molecule has 0 aliphatic heterocycles. The highest BCUT2D eigenvalue weighted by atomic mass is 16.3. The van der Waals surface area contributed by atoms with E-state index in [0.29, 0.717) is 0 Å². The van der Waals surface area contributed by atoms with Gasteiger partial charge in [-0.3, -0.25) is 0 Å². The first kappa shape index (κ1) is 14.2. The van der Waals surface area contributed by atoms with Crippen LogP contribution in [0.25, 0.3) is 0 Å². The number of hydrogen-bond acceptors (Lipinski definition) is 3. The first-order valence-electron chi connectivity index (χ1n) is 6.32. The smallest absolute Gasteiger partial charge is 0.0942 e. The van der Waals surface area contributed by atoms with Gasteiger partial charge in [0.25, 0.3) is 0 Å². The summed E-state index contributed by atoms with van der Waals surface area (Å²) in [6, 6.07) is 9.67. The van der Waals surface area contributed by atoms with Crippen molar-refractivity contribution in [2.45, 2.75) is 44.9 Å². The van der Waals surface area contributed by atoms with Crippen molar-refractivity contribution in [1.29, 1.82) is 0 Å². The summed E-state index contributed by atoms with van der Waals surface area (Å²) in [5.41, 5.74) is 0.916. The van der Waals surface area contributed by atoms with E-state index in [1.165, 1.54) is 0 Å². The van der Waals surface area contributed by atoms with Gasteiger partial charge in [0.1, 0.15) is 0 Å². The monoisotopic (exact) mass is 237 g/mol. The quantitative estimate of drug-likeness (QED) is 0.678. The molecule has 0 bridgehead atoms. The largest absolute Gasteiger partial charge is 0.395 e. The minimum atomic E-state index is -0.526. The van der Waals surface area contributed by atoms with E-state index in [-0.39, 0.29) is 18.7 Å². The summed E-state index contributed by atoms with van der Waals surface area (Å²) in [5, 5.41) is 22.8. The Morgan fingerprint density at radius 3 is 2.24 bits per heavy atom. The molecular weight excluding hydrogens is 214 g/mol. The molecule has 0 amide bonds. The fourth-order valence-electron chi connectivity index (χ4n) is 1.92. The molecule has 0 aliphatic carbocycles. The Bertz CT molecular complexity index is 298. The summed E-state index contributed by atoms with van der Waals surface area (Å²) < 4.78 is 0. The van der Waals surface area contributed by atoms with Gasteiger partial charge >= 0.3 is 0 Å². The Hall–Kier alpha value is -0.900. The summed E-state index contributed by atoms with van der Waals surface area (Å²) in [7, 11) is 0. The molecule has 0 aliphatic rings. The molecule has 3 heteroatoms. The average Bonchev–Trinajstić information content (AvgIpc) is 2.40. The number of nitrogens with one attached hydrogen (secondary N) is 1. The van der Waals surface area contributed by atoms with Gasteiger partial charge in [-0.2, -0.15) is 0 Å². The maximum atomic E-state index is 10.3. The molecule has 0 spiro atoms. The molecular formula is C14H23NO2. The zero-order valence-corrected chi connectivity index (χ0v) is 10.6. The topological polar surface area (TPSA) is 52.5 Å². The van der Waals surface area contributed by atoms with Crippen LogP contribution in [0.1, 0.15) is 38.4 Å². The third-order valence-corrected chi connectivity index (χ3v) is 3.13. The van der Waals surface area contributed by atoms with E-state index in [1.54, 1.807) is 0 Å². The average molecular weight is 237 g/mol. The molecule has 0 heterocycles.